The van der Waals surface area contributed by atoms with Crippen LogP contribution in [0.1, 0.15) is 11.1 Å². The van der Waals surface area contributed by atoms with Crippen LogP contribution in [0.25, 0.3) is 0 Å². The van der Waals surface area contributed by atoms with Crippen LogP contribution < -0.4 is 0 Å². The molecule has 0 radical (unpaired) electrons. The molecule has 0 saturated carbocycles. The van der Waals surface area contributed by atoms with Crippen molar-refractivity contribution in [3.63, 3.8) is 0 Å². The summed E-state index contributed by atoms with van der Waals surface area (Å²) in [7, 11) is 0. The highest BCUT2D eigenvalue weighted by molar-refractivity contribution is 5.96. The minimum atomic E-state index is -0.219. The van der Waals surface area contributed by atoms with Crippen molar-refractivity contribution in [2.75, 3.05) is 0 Å². The summed E-state index contributed by atoms with van der Waals surface area (Å²) in [4.78, 5) is 22.1. The molecule has 6 nitrogen and oxygen atoms in total. The first-order chi connectivity index (χ1) is 12.7. The van der Waals surface area contributed by atoms with Crippen molar-refractivity contribution in [3.8, 4) is 0 Å². The van der Waals surface area contributed by atoms with Crippen LogP contribution >= 0.6 is 0 Å². The number of nitrogens with zero attached hydrogens (tertiary/aromatic N) is 4. The maximum Gasteiger partial charge on any atom is 0.293 e. The standard InChI is InChI=1S/2C10H8N2O/c2*13-10-9(7-11-12-10)6-8-4-2-1-3-5-8/h2*1-5,7H,6H2. The monoisotopic (exact) mass is 344 g/mol. The molecule has 4 rings (SSSR count). The number of amides is 2. The number of hydrogen-bond acceptors (Lipinski definition) is 4. The Morgan fingerprint density at radius 2 is 0.962 bits per heavy atom. The molecule has 0 aromatic heterocycles. The van der Waals surface area contributed by atoms with E-state index in [-0.39, 0.29) is 11.8 Å². The Morgan fingerprint density at radius 3 is 1.27 bits per heavy atom. The molecule has 2 aliphatic rings. The predicted molar refractivity (Wildman–Crippen MR) is 96.2 cm³/mol. The van der Waals surface area contributed by atoms with Gasteiger partial charge in [0.2, 0.25) is 0 Å². The van der Waals surface area contributed by atoms with Crippen LogP contribution in [0.3, 0.4) is 0 Å². The molecule has 128 valence electrons. The van der Waals surface area contributed by atoms with Gasteiger partial charge in [-0.1, -0.05) is 60.7 Å². The lowest BCUT2D eigenvalue weighted by Gasteiger charge is -1.97. The van der Waals surface area contributed by atoms with Crippen LogP contribution in [0.5, 0.6) is 0 Å². The Labute approximate surface area is 150 Å². The second kappa shape index (κ2) is 8.53. The Kier molecular flexibility index (Phi) is 5.67. The zero-order valence-electron chi connectivity index (χ0n) is 13.9. The molecule has 0 fully saturated rings. The van der Waals surface area contributed by atoms with E-state index in [4.69, 9.17) is 0 Å². The summed E-state index contributed by atoms with van der Waals surface area (Å²) in [6.45, 7) is 0. The van der Waals surface area contributed by atoms with Crippen LogP contribution in [0, 0.1) is 0 Å². The summed E-state index contributed by atoms with van der Waals surface area (Å²) in [5, 5.41) is 13.9. The fourth-order valence-electron chi connectivity index (χ4n) is 2.41. The van der Waals surface area contributed by atoms with Gasteiger partial charge in [0.25, 0.3) is 11.8 Å². The lowest BCUT2D eigenvalue weighted by atomic mass is 10.1. The molecule has 0 atom stereocenters. The van der Waals surface area contributed by atoms with Crippen molar-refractivity contribution in [1.82, 2.24) is 0 Å². The Balaban J connectivity index is 0.000000151. The van der Waals surface area contributed by atoms with E-state index in [1.807, 2.05) is 60.7 Å². The van der Waals surface area contributed by atoms with E-state index in [0.29, 0.717) is 24.0 Å². The van der Waals surface area contributed by atoms with Crippen molar-refractivity contribution in [3.05, 3.63) is 95.3 Å². The summed E-state index contributed by atoms with van der Waals surface area (Å²) in [6.07, 6.45) is 4.28. The molecule has 0 N–H and O–H groups in total. The number of carbonyl (C=O) groups is 2. The second-order valence-corrected chi connectivity index (χ2v) is 5.67. The topological polar surface area (TPSA) is 83.6 Å². The third kappa shape index (κ3) is 4.73. The molecule has 2 aromatic carbocycles. The van der Waals surface area contributed by atoms with Crippen molar-refractivity contribution in [1.29, 1.82) is 0 Å². The molecule has 0 aliphatic carbocycles. The first-order valence-corrected chi connectivity index (χ1v) is 8.08. The summed E-state index contributed by atoms with van der Waals surface area (Å²) in [6, 6.07) is 19.6. The van der Waals surface area contributed by atoms with Gasteiger partial charge in [0.05, 0.1) is 12.4 Å². The molecule has 0 unspecified atom stereocenters. The van der Waals surface area contributed by atoms with Gasteiger partial charge < -0.3 is 0 Å². The fourth-order valence-corrected chi connectivity index (χ4v) is 2.41. The van der Waals surface area contributed by atoms with Gasteiger partial charge in [-0.05, 0) is 11.1 Å². The van der Waals surface area contributed by atoms with Gasteiger partial charge in [0.15, 0.2) is 0 Å². The Morgan fingerprint density at radius 1 is 0.577 bits per heavy atom. The lowest BCUT2D eigenvalue weighted by Crippen LogP contribution is -1.97. The first-order valence-electron chi connectivity index (χ1n) is 8.08. The third-order valence-electron chi connectivity index (χ3n) is 3.75. The van der Waals surface area contributed by atoms with E-state index < -0.39 is 0 Å². The molecular weight excluding hydrogens is 328 g/mol. The quantitative estimate of drug-likeness (QED) is 0.832. The highest BCUT2D eigenvalue weighted by Crippen LogP contribution is 2.14. The van der Waals surface area contributed by atoms with Crippen molar-refractivity contribution in [2.24, 2.45) is 20.5 Å². The van der Waals surface area contributed by atoms with Crippen molar-refractivity contribution < 1.29 is 9.59 Å². The van der Waals surface area contributed by atoms with Crippen LogP contribution in [0.4, 0.5) is 0 Å². The SMILES string of the molecule is O=C1N=NC=C1Cc1ccccc1.O=C1N=NC=C1Cc1ccccc1. The Bertz CT molecular complexity index is 836. The molecule has 6 heteroatoms. The number of rotatable bonds is 4. The van der Waals surface area contributed by atoms with Gasteiger partial charge in [-0.25, -0.2) is 0 Å². The largest absolute Gasteiger partial charge is 0.293 e. The van der Waals surface area contributed by atoms with Gasteiger partial charge in [-0.3, -0.25) is 9.59 Å². The van der Waals surface area contributed by atoms with Gasteiger partial charge in [-0.15, -0.1) is 10.2 Å². The number of azo groups is 2. The zero-order chi connectivity index (χ0) is 18.2. The molecule has 0 spiro atoms. The predicted octanol–water partition coefficient (Wildman–Crippen LogP) is 4.21. The molecule has 2 amide bonds. The zero-order valence-corrected chi connectivity index (χ0v) is 13.9. The van der Waals surface area contributed by atoms with Gasteiger partial charge in [-0.2, -0.15) is 10.2 Å². The van der Waals surface area contributed by atoms with E-state index in [9.17, 15) is 9.59 Å². The smallest absolute Gasteiger partial charge is 0.265 e. The highest BCUT2D eigenvalue weighted by atomic mass is 16.2. The average molecular weight is 344 g/mol. The molecule has 0 bridgehead atoms. The molecule has 2 aliphatic heterocycles. The van der Waals surface area contributed by atoms with Gasteiger partial charge in [0.1, 0.15) is 0 Å². The summed E-state index contributed by atoms with van der Waals surface area (Å²) < 4.78 is 0. The maximum absolute atomic E-state index is 11.0. The fraction of sp³-hybridized carbons (Fsp3) is 0.100. The number of benzene rings is 2. The molecule has 0 saturated heterocycles. The molecular formula is C20H16N4O2. The van der Waals surface area contributed by atoms with Crippen LogP contribution in [0.15, 0.2) is 105 Å². The van der Waals surface area contributed by atoms with E-state index in [1.165, 1.54) is 12.4 Å². The van der Waals surface area contributed by atoms with E-state index in [2.05, 4.69) is 20.5 Å². The highest BCUT2D eigenvalue weighted by Gasteiger charge is 2.13. The summed E-state index contributed by atoms with van der Waals surface area (Å²) in [5.41, 5.74) is 3.53. The molecule has 26 heavy (non-hydrogen) atoms. The Hall–Kier alpha value is -3.54. The average Bonchev–Trinajstić information content (AvgIpc) is 3.26. The van der Waals surface area contributed by atoms with E-state index in [0.717, 1.165) is 11.1 Å². The minimum absolute atomic E-state index is 0.219. The van der Waals surface area contributed by atoms with Gasteiger partial charge >= 0.3 is 0 Å². The normalized spacial score (nSPS) is 14.8. The second-order valence-electron chi connectivity index (χ2n) is 5.67. The number of hydrogen-bond donors (Lipinski definition) is 0. The lowest BCUT2D eigenvalue weighted by molar-refractivity contribution is -0.115. The van der Waals surface area contributed by atoms with E-state index in [1.54, 1.807) is 0 Å². The maximum atomic E-state index is 11.0. The third-order valence-corrected chi connectivity index (χ3v) is 3.75. The number of carbonyl (C=O) groups excluding carboxylic acids is 2. The van der Waals surface area contributed by atoms with Crippen LogP contribution in [0.2, 0.25) is 0 Å². The minimum Gasteiger partial charge on any atom is -0.265 e. The summed E-state index contributed by atoms with van der Waals surface area (Å²) in [5.74, 6) is -0.437. The first kappa shape index (κ1) is 17.3. The van der Waals surface area contributed by atoms with Crippen LogP contribution in [-0.2, 0) is 22.4 Å². The van der Waals surface area contributed by atoms with Gasteiger partial charge in [0, 0.05) is 24.0 Å². The van der Waals surface area contributed by atoms with Crippen molar-refractivity contribution in [2.45, 2.75) is 12.8 Å². The molecule has 2 heterocycles. The summed E-state index contributed by atoms with van der Waals surface area (Å²) >= 11 is 0. The molecule has 2 aromatic rings. The van der Waals surface area contributed by atoms with E-state index >= 15 is 0 Å². The van der Waals surface area contributed by atoms with Crippen molar-refractivity contribution >= 4 is 11.8 Å². The van der Waals surface area contributed by atoms with Crippen LogP contribution in [-0.4, -0.2) is 11.8 Å².